The van der Waals surface area contributed by atoms with Crippen LogP contribution in [-0.4, -0.2) is 34.2 Å². The number of rotatable bonds is 4. The van der Waals surface area contributed by atoms with Crippen LogP contribution in [0.3, 0.4) is 0 Å². The lowest BCUT2D eigenvalue weighted by atomic mass is 9.89. The van der Waals surface area contributed by atoms with Crippen molar-refractivity contribution in [1.82, 2.24) is 14.7 Å². The summed E-state index contributed by atoms with van der Waals surface area (Å²) >= 11 is 0. The van der Waals surface area contributed by atoms with Gasteiger partial charge in [0.25, 0.3) is 5.91 Å². The van der Waals surface area contributed by atoms with E-state index in [0.29, 0.717) is 42.3 Å². The smallest absolute Gasteiger partial charge is 0.258 e. The Morgan fingerprint density at radius 3 is 2.66 bits per heavy atom. The van der Waals surface area contributed by atoms with E-state index in [1.807, 2.05) is 52.2 Å². The highest BCUT2D eigenvalue weighted by Gasteiger charge is 2.32. The van der Waals surface area contributed by atoms with Gasteiger partial charge in [-0.1, -0.05) is 37.1 Å². The van der Waals surface area contributed by atoms with Gasteiger partial charge in [0.2, 0.25) is 0 Å². The molecular weight excluding hydrogens is 400 g/mol. The van der Waals surface area contributed by atoms with Gasteiger partial charge in [0, 0.05) is 31.3 Å². The topological polar surface area (TPSA) is 71.2 Å². The number of hydrogen-bond acceptors (Lipinski definition) is 4. The highest BCUT2D eigenvalue weighted by molar-refractivity contribution is 5.99. The molecule has 0 unspecified atom stereocenters. The van der Waals surface area contributed by atoms with Crippen LogP contribution in [0.5, 0.6) is 5.75 Å². The molecule has 6 heteroatoms. The molecule has 0 spiro atoms. The van der Waals surface area contributed by atoms with E-state index in [1.54, 1.807) is 13.2 Å². The van der Waals surface area contributed by atoms with Gasteiger partial charge in [-0.3, -0.25) is 4.79 Å². The molecule has 0 N–H and O–H groups in total. The van der Waals surface area contributed by atoms with Crippen molar-refractivity contribution in [2.45, 2.75) is 44.6 Å². The standard InChI is InChI=1S/C26H26N4O2/c1-32-25-19(15-27)11-12-22(18-7-5-6-8-18)24(25)26(31)29-14-13-23-20(16-29)17-30(28-23)21-9-3-2-4-10-21/h2-4,9-12,17-18H,5-8,13-14,16H2,1H3. The molecule has 1 amide bonds. The van der Waals surface area contributed by atoms with Crippen molar-refractivity contribution < 1.29 is 9.53 Å². The number of para-hydroxylation sites is 1. The van der Waals surface area contributed by atoms with Crippen LogP contribution in [0.2, 0.25) is 0 Å². The SMILES string of the molecule is COc1c(C#N)ccc(C2CCCC2)c1C(=O)N1CCc2nn(-c3ccccc3)cc2C1. The Bertz CT molecular complexity index is 1190. The van der Waals surface area contributed by atoms with E-state index >= 15 is 0 Å². The average Bonchev–Trinajstić information content (AvgIpc) is 3.53. The number of fused-ring (bicyclic) bond motifs is 1. The molecule has 2 aromatic carbocycles. The molecule has 0 bridgehead atoms. The highest BCUT2D eigenvalue weighted by Crippen LogP contribution is 2.40. The predicted octanol–water partition coefficient (Wildman–Crippen LogP) is 4.61. The number of benzene rings is 2. The maximum absolute atomic E-state index is 13.8. The normalized spacial score (nSPS) is 15.9. The summed E-state index contributed by atoms with van der Waals surface area (Å²) in [6, 6.07) is 16.0. The third kappa shape index (κ3) is 3.54. The van der Waals surface area contributed by atoms with Crippen LogP contribution in [0.1, 0.15) is 64.3 Å². The lowest BCUT2D eigenvalue weighted by Gasteiger charge is -2.29. The quantitative estimate of drug-likeness (QED) is 0.611. The van der Waals surface area contributed by atoms with Crippen molar-refractivity contribution in [2.24, 2.45) is 0 Å². The Hall–Kier alpha value is -3.59. The molecule has 162 valence electrons. The summed E-state index contributed by atoms with van der Waals surface area (Å²) in [5.41, 5.74) is 5.10. The van der Waals surface area contributed by atoms with Crippen molar-refractivity contribution >= 4 is 5.91 Å². The molecule has 1 aliphatic carbocycles. The first-order valence-corrected chi connectivity index (χ1v) is 11.2. The number of methoxy groups -OCH3 is 1. The molecule has 0 saturated heterocycles. The number of nitrogens with zero attached hydrogens (tertiary/aromatic N) is 4. The van der Waals surface area contributed by atoms with Crippen LogP contribution in [0.4, 0.5) is 0 Å². The summed E-state index contributed by atoms with van der Waals surface area (Å²) in [7, 11) is 1.55. The fourth-order valence-electron chi connectivity index (χ4n) is 5.05. The van der Waals surface area contributed by atoms with E-state index in [1.165, 1.54) is 12.8 Å². The van der Waals surface area contributed by atoms with Crippen LogP contribution < -0.4 is 4.74 Å². The van der Waals surface area contributed by atoms with Crippen LogP contribution in [0.25, 0.3) is 5.69 Å². The van der Waals surface area contributed by atoms with Gasteiger partial charge in [-0.15, -0.1) is 0 Å². The van der Waals surface area contributed by atoms with Gasteiger partial charge >= 0.3 is 0 Å². The fraction of sp³-hybridized carbons (Fsp3) is 0.346. The number of nitriles is 1. The number of hydrogen-bond donors (Lipinski definition) is 0. The second kappa shape index (κ2) is 8.51. The van der Waals surface area contributed by atoms with E-state index < -0.39 is 0 Å². The summed E-state index contributed by atoms with van der Waals surface area (Å²) in [6.07, 6.45) is 7.22. The van der Waals surface area contributed by atoms with Crippen LogP contribution >= 0.6 is 0 Å². The second-order valence-corrected chi connectivity index (χ2v) is 8.56. The van der Waals surface area contributed by atoms with Crippen LogP contribution in [0.15, 0.2) is 48.7 Å². The predicted molar refractivity (Wildman–Crippen MR) is 121 cm³/mol. The van der Waals surface area contributed by atoms with Crippen molar-refractivity contribution in [1.29, 1.82) is 5.26 Å². The van der Waals surface area contributed by atoms with Crippen LogP contribution in [-0.2, 0) is 13.0 Å². The lowest BCUT2D eigenvalue weighted by molar-refractivity contribution is 0.0729. The largest absolute Gasteiger partial charge is 0.495 e. The Morgan fingerprint density at radius 1 is 1.16 bits per heavy atom. The minimum Gasteiger partial charge on any atom is -0.495 e. The summed E-state index contributed by atoms with van der Waals surface area (Å²) in [4.78, 5) is 15.7. The van der Waals surface area contributed by atoms with Crippen molar-refractivity contribution in [3.63, 3.8) is 0 Å². The Balaban J connectivity index is 1.49. The fourth-order valence-corrected chi connectivity index (χ4v) is 5.05. The number of ether oxygens (including phenoxy) is 1. The van der Waals surface area contributed by atoms with Gasteiger partial charge in [-0.25, -0.2) is 4.68 Å². The minimum atomic E-state index is -0.0565. The summed E-state index contributed by atoms with van der Waals surface area (Å²) in [5, 5.41) is 14.3. The van der Waals surface area contributed by atoms with Gasteiger partial charge in [0.15, 0.2) is 0 Å². The number of amides is 1. The molecule has 32 heavy (non-hydrogen) atoms. The zero-order chi connectivity index (χ0) is 22.1. The molecular formula is C26H26N4O2. The maximum Gasteiger partial charge on any atom is 0.258 e. The van der Waals surface area contributed by atoms with Crippen LogP contribution in [0, 0.1) is 11.3 Å². The second-order valence-electron chi connectivity index (χ2n) is 8.56. The zero-order valence-corrected chi connectivity index (χ0v) is 18.3. The molecule has 2 heterocycles. The molecule has 1 aliphatic heterocycles. The molecule has 5 rings (SSSR count). The van der Waals surface area contributed by atoms with E-state index in [9.17, 15) is 10.1 Å². The van der Waals surface area contributed by atoms with Gasteiger partial charge in [0.05, 0.1) is 29.6 Å². The molecule has 1 fully saturated rings. The average molecular weight is 427 g/mol. The van der Waals surface area contributed by atoms with Crippen molar-refractivity contribution in [3.8, 4) is 17.5 Å². The van der Waals surface area contributed by atoms with Crippen molar-refractivity contribution in [3.05, 3.63) is 76.6 Å². The zero-order valence-electron chi connectivity index (χ0n) is 18.3. The summed E-state index contributed by atoms with van der Waals surface area (Å²) in [6.45, 7) is 1.10. The first kappa shape index (κ1) is 20.3. The van der Waals surface area contributed by atoms with Crippen molar-refractivity contribution in [2.75, 3.05) is 13.7 Å². The molecule has 6 nitrogen and oxygen atoms in total. The maximum atomic E-state index is 13.8. The highest BCUT2D eigenvalue weighted by atomic mass is 16.5. The lowest BCUT2D eigenvalue weighted by Crippen LogP contribution is -2.36. The number of aromatic nitrogens is 2. The van der Waals surface area contributed by atoms with E-state index in [4.69, 9.17) is 9.84 Å². The molecule has 0 atom stereocenters. The Labute approximate surface area is 188 Å². The van der Waals surface area contributed by atoms with Gasteiger partial charge in [0.1, 0.15) is 11.8 Å². The Kier molecular flexibility index (Phi) is 5.40. The first-order valence-electron chi connectivity index (χ1n) is 11.2. The van der Waals surface area contributed by atoms with E-state index in [-0.39, 0.29) is 5.91 Å². The minimum absolute atomic E-state index is 0.0565. The van der Waals surface area contributed by atoms with E-state index in [0.717, 1.165) is 35.3 Å². The molecule has 1 saturated carbocycles. The third-order valence-electron chi connectivity index (χ3n) is 6.69. The van der Waals surface area contributed by atoms with Gasteiger partial charge < -0.3 is 9.64 Å². The summed E-state index contributed by atoms with van der Waals surface area (Å²) in [5.74, 6) is 0.698. The summed E-state index contributed by atoms with van der Waals surface area (Å²) < 4.78 is 7.51. The molecule has 3 aromatic rings. The number of carbonyl (C=O) groups excluding carboxylic acids is 1. The number of carbonyl (C=O) groups is 1. The van der Waals surface area contributed by atoms with Gasteiger partial charge in [-0.05, 0) is 42.5 Å². The van der Waals surface area contributed by atoms with E-state index in [2.05, 4.69) is 6.07 Å². The third-order valence-corrected chi connectivity index (χ3v) is 6.69. The van der Waals surface area contributed by atoms with Gasteiger partial charge in [-0.2, -0.15) is 10.4 Å². The molecule has 0 radical (unpaired) electrons. The molecule has 1 aromatic heterocycles. The monoisotopic (exact) mass is 426 g/mol. The first-order chi connectivity index (χ1) is 15.7. The Morgan fingerprint density at radius 2 is 1.94 bits per heavy atom. The molecule has 2 aliphatic rings.